The van der Waals surface area contributed by atoms with Crippen LogP contribution in [0.5, 0.6) is 0 Å². The van der Waals surface area contributed by atoms with Crippen molar-refractivity contribution in [2.45, 2.75) is 26.8 Å². The van der Waals surface area contributed by atoms with Crippen LogP contribution < -0.4 is 0 Å². The minimum Gasteiger partial charge on any atom is -0.298 e. The summed E-state index contributed by atoms with van der Waals surface area (Å²) < 4.78 is 0. The molecule has 1 unspecified atom stereocenters. The maximum absolute atomic E-state index is 10.9. The van der Waals surface area contributed by atoms with E-state index in [0.29, 0.717) is 0 Å². The van der Waals surface area contributed by atoms with E-state index < -0.39 is 0 Å². The molecule has 0 saturated carbocycles. The molecule has 64 valence electrons. The maximum Gasteiger partial charge on any atom is 0.154 e. The molecule has 0 N–H and O–H groups in total. The van der Waals surface area contributed by atoms with Crippen molar-refractivity contribution < 1.29 is 4.79 Å². The van der Waals surface area contributed by atoms with Crippen molar-refractivity contribution in [3.05, 3.63) is 4.91 Å². The van der Waals surface area contributed by atoms with Gasteiger partial charge in [0.05, 0.1) is 5.29 Å². The molecule has 11 heavy (non-hydrogen) atoms. The Morgan fingerprint density at radius 2 is 1.91 bits per heavy atom. The zero-order chi connectivity index (χ0) is 9.02. The van der Waals surface area contributed by atoms with E-state index >= 15 is 0 Å². The van der Waals surface area contributed by atoms with Gasteiger partial charge in [-0.1, -0.05) is 13.8 Å². The molecule has 0 aromatic rings. The van der Waals surface area contributed by atoms with E-state index in [1.807, 2.05) is 13.8 Å². The molecule has 0 spiro atoms. The fourth-order valence-corrected chi connectivity index (χ4v) is 1.21. The van der Waals surface area contributed by atoms with Gasteiger partial charge in [-0.2, -0.15) is 0 Å². The second-order valence-electron chi connectivity index (χ2n) is 2.95. The number of rotatable bonds is 4. The van der Waals surface area contributed by atoms with Crippen LogP contribution in [0.3, 0.4) is 0 Å². The molecule has 0 aliphatic heterocycles. The molecular formula is C7H14N2O2. The third-order valence-electron chi connectivity index (χ3n) is 1.58. The van der Waals surface area contributed by atoms with Crippen molar-refractivity contribution in [2.75, 3.05) is 7.05 Å². The van der Waals surface area contributed by atoms with E-state index in [-0.39, 0.29) is 17.7 Å². The number of hydrogen-bond acceptors (Lipinski definition) is 3. The standard InChI is InChI=1S/C7H14N2O2/c1-5(2)7(6(3)10)9(4)8-11/h5,7H,1-4H3. The lowest BCUT2D eigenvalue weighted by Gasteiger charge is -2.23. The van der Waals surface area contributed by atoms with Crippen LogP contribution >= 0.6 is 0 Å². The van der Waals surface area contributed by atoms with Crippen LogP contribution in [0, 0.1) is 10.8 Å². The summed E-state index contributed by atoms with van der Waals surface area (Å²) in [7, 11) is 1.51. The third kappa shape index (κ3) is 2.65. The fourth-order valence-electron chi connectivity index (χ4n) is 1.21. The zero-order valence-electron chi connectivity index (χ0n) is 7.37. The molecule has 1 atom stereocenters. The van der Waals surface area contributed by atoms with E-state index in [4.69, 9.17) is 0 Å². The van der Waals surface area contributed by atoms with Gasteiger partial charge in [-0.25, -0.2) is 0 Å². The molecule has 0 aliphatic carbocycles. The van der Waals surface area contributed by atoms with E-state index in [1.165, 1.54) is 14.0 Å². The summed E-state index contributed by atoms with van der Waals surface area (Å²) in [5.74, 6) is 0.0947. The molecule has 4 nitrogen and oxygen atoms in total. The molecule has 0 rings (SSSR count). The second-order valence-corrected chi connectivity index (χ2v) is 2.95. The maximum atomic E-state index is 10.9. The van der Waals surface area contributed by atoms with E-state index in [9.17, 15) is 9.70 Å². The first-order chi connectivity index (χ1) is 5.00. The average molecular weight is 158 g/mol. The predicted molar refractivity (Wildman–Crippen MR) is 42.9 cm³/mol. The Balaban J connectivity index is 4.33. The lowest BCUT2D eigenvalue weighted by Crippen LogP contribution is -2.37. The molecule has 0 aliphatic rings. The van der Waals surface area contributed by atoms with Crippen LogP contribution in [0.25, 0.3) is 0 Å². The highest BCUT2D eigenvalue weighted by atomic mass is 16.3. The average Bonchev–Trinajstić information content (AvgIpc) is 1.85. The summed E-state index contributed by atoms with van der Waals surface area (Å²) in [6, 6.07) is -0.382. The monoisotopic (exact) mass is 158 g/mol. The Morgan fingerprint density at radius 1 is 1.45 bits per heavy atom. The van der Waals surface area contributed by atoms with Crippen molar-refractivity contribution in [3.8, 4) is 0 Å². The molecule has 0 radical (unpaired) electrons. The summed E-state index contributed by atoms with van der Waals surface area (Å²) in [5.41, 5.74) is 0. The summed E-state index contributed by atoms with van der Waals surface area (Å²) in [6.45, 7) is 5.23. The molecule has 0 amide bonds. The SMILES string of the molecule is CC(=O)C(C(C)C)N(C)N=O. The summed E-state index contributed by atoms with van der Waals surface area (Å²) in [6.07, 6.45) is 0. The molecular weight excluding hydrogens is 144 g/mol. The van der Waals surface area contributed by atoms with Gasteiger partial charge in [-0.3, -0.25) is 9.80 Å². The van der Waals surface area contributed by atoms with Gasteiger partial charge >= 0.3 is 0 Å². The molecule has 4 heteroatoms. The highest BCUT2D eigenvalue weighted by Crippen LogP contribution is 2.09. The minimum absolute atomic E-state index is 0.0258. The number of Topliss-reactive ketones (excluding diaryl/α,β-unsaturated/α-hetero) is 1. The fraction of sp³-hybridized carbons (Fsp3) is 0.857. The van der Waals surface area contributed by atoms with Crippen LogP contribution in [0.4, 0.5) is 0 Å². The highest BCUT2D eigenvalue weighted by molar-refractivity contribution is 5.81. The number of carbonyl (C=O) groups excluding carboxylic acids is 1. The van der Waals surface area contributed by atoms with Crippen molar-refractivity contribution >= 4 is 5.78 Å². The minimum atomic E-state index is -0.382. The third-order valence-corrected chi connectivity index (χ3v) is 1.58. The van der Waals surface area contributed by atoms with E-state index in [1.54, 1.807) is 0 Å². The summed E-state index contributed by atoms with van der Waals surface area (Å²) in [5, 5.41) is 3.85. The Bertz CT molecular complexity index is 157. The molecule has 0 bridgehead atoms. The first-order valence-corrected chi connectivity index (χ1v) is 3.57. The smallest absolute Gasteiger partial charge is 0.154 e. The van der Waals surface area contributed by atoms with Crippen molar-refractivity contribution in [1.29, 1.82) is 0 Å². The Morgan fingerprint density at radius 3 is 2.00 bits per heavy atom. The van der Waals surface area contributed by atoms with Gasteiger partial charge in [0.1, 0.15) is 6.04 Å². The van der Waals surface area contributed by atoms with Crippen molar-refractivity contribution in [3.63, 3.8) is 0 Å². The van der Waals surface area contributed by atoms with Crippen molar-refractivity contribution in [2.24, 2.45) is 11.2 Å². The lowest BCUT2D eigenvalue weighted by atomic mass is 10.0. The van der Waals surface area contributed by atoms with Gasteiger partial charge in [-0.15, -0.1) is 4.91 Å². The topological polar surface area (TPSA) is 49.7 Å². The Labute approximate surface area is 66.5 Å². The van der Waals surface area contributed by atoms with Crippen LogP contribution in [0.15, 0.2) is 5.29 Å². The largest absolute Gasteiger partial charge is 0.298 e. The quantitative estimate of drug-likeness (QED) is 0.456. The van der Waals surface area contributed by atoms with Gasteiger partial charge in [0.15, 0.2) is 5.78 Å². The van der Waals surface area contributed by atoms with Crippen LogP contribution in [-0.4, -0.2) is 23.9 Å². The normalized spacial score (nSPS) is 12.8. The predicted octanol–water partition coefficient (Wildman–Crippen LogP) is 1.21. The van der Waals surface area contributed by atoms with Gasteiger partial charge in [0.2, 0.25) is 0 Å². The van der Waals surface area contributed by atoms with E-state index in [2.05, 4.69) is 5.29 Å². The first-order valence-electron chi connectivity index (χ1n) is 3.57. The number of carbonyl (C=O) groups is 1. The van der Waals surface area contributed by atoms with Crippen LogP contribution in [0.1, 0.15) is 20.8 Å². The summed E-state index contributed by atoms with van der Waals surface area (Å²) in [4.78, 5) is 21.0. The van der Waals surface area contributed by atoms with Gasteiger partial charge in [0, 0.05) is 7.05 Å². The Hall–Kier alpha value is -0.930. The number of ketones is 1. The lowest BCUT2D eigenvalue weighted by molar-refractivity contribution is -0.123. The molecule has 0 fully saturated rings. The molecule has 0 aromatic heterocycles. The number of hydrogen-bond donors (Lipinski definition) is 0. The summed E-state index contributed by atoms with van der Waals surface area (Å²) >= 11 is 0. The molecule has 0 aromatic carbocycles. The number of nitroso groups, excluding NO2 is 1. The highest BCUT2D eigenvalue weighted by Gasteiger charge is 2.22. The van der Waals surface area contributed by atoms with Gasteiger partial charge in [-0.05, 0) is 12.8 Å². The van der Waals surface area contributed by atoms with Gasteiger partial charge < -0.3 is 0 Å². The Kier molecular flexibility index (Phi) is 3.71. The molecule has 0 saturated heterocycles. The van der Waals surface area contributed by atoms with Crippen molar-refractivity contribution in [1.82, 2.24) is 5.01 Å². The molecule has 0 heterocycles. The number of nitrogens with zero attached hydrogens (tertiary/aromatic N) is 2. The van der Waals surface area contributed by atoms with Crippen LogP contribution in [0.2, 0.25) is 0 Å². The van der Waals surface area contributed by atoms with Crippen LogP contribution in [-0.2, 0) is 4.79 Å². The van der Waals surface area contributed by atoms with E-state index in [0.717, 1.165) is 5.01 Å². The number of likely N-dealkylation sites (N-methyl/N-ethyl adjacent to an activating group) is 1. The first kappa shape index (κ1) is 10.1. The van der Waals surface area contributed by atoms with Gasteiger partial charge in [0.25, 0.3) is 0 Å². The zero-order valence-corrected chi connectivity index (χ0v) is 7.37. The second kappa shape index (κ2) is 4.05.